The zero-order chi connectivity index (χ0) is 11.8. The fraction of sp³-hybridized carbons (Fsp3) is 0.357. The molecule has 3 heteroatoms. The predicted molar refractivity (Wildman–Crippen MR) is 68.8 cm³/mol. The number of imidazole rings is 1. The van der Waals surface area contributed by atoms with E-state index in [1.165, 1.54) is 22.4 Å². The van der Waals surface area contributed by atoms with Gasteiger partial charge in [0.05, 0.1) is 18.4 Å². The lowest BCUT2D eigenvalue weighted by Gasteiger charge is -2.18. The largest absolute Gasteiger partial charge is 0.326 e. The molecule has 88 valence electrons. The van der Waals surface area contributed by atoms with Gasteiger partial charge in [-0.2, -0.15) is 0 Å². The Morgan fingerprint density at radius 2 is 2.18 bits per heavy atom. The zero-order valence-corrected chi connectivity index (χ0v) is 10.3. The summed E-state index contributed by atoms with van der Waals surface area (Å²) in [5, 5.41) is 3.35. The molecule has 0 atom stereocenters. The van der Waals surface area contributed by atoms with Crippen LogP contribution in [0.5, 0.6) is 0 Å². The van der Waals surface area contributed by atoms with E-state index in [0.717, 1.165) is 25.5 Å². The van der Waals surface area contributed by atoms with Crippen molar-refractivity contribution in [2.45, 2.75) is 26.9 Å². The first-order valence-corrected chi connectivity index (χ1v) is 6.09. The van der Waals surface area contributed by atoms with Gasteiger partial charge in [-0.3, -0.25) is 0 Å². The summed E-state index contributed by atoms with van der Waals surface area (Å²) < 4.78 is 2.33. The van der Waals surface area contributed by atoms with Crippen LogP contribution in [0, 0.1) is 13.8 Å². The first-order valence-electron chi connectivity index (χ1n) is 6.09. The number of rotatable bonds is 1. The Morgan fingerprint density at radius 1 is 1.29 bits per heavy atom. The predicted octanol–water partition coefficient (Wildman–Crippen LogP) is 2.27. The molecule has 0 spiro atoms. The van der Waals surface area contributed by atoms with Crippen molar-refractivity contribution in [2.75, 3.05) is 6.54 Å². The average molecular weight is 227 g/mol. The van der Waals surface area contributed by atoms with Gasteiger partial charge in [-0.15, -0.1) is 0 Å². The Hall–Kier alpha value is -1.61. The second-order valence-electron chi connectivity index (χ2n) is 4.64. The summed E-state index contributed by atoms with van der Waals surface area (Å²) in [6, 6.07) is 6.47. The molecule has 2 aromatic rings. The van der Waals surface area contributed by atoms with Crippen LogP contribution < -0.4 is 5.32 Å². The van der Waals surface area contributed by atoms with Crippen LogP contribution in [-0.2, 0) is 13.1 Å². The molecule has 3 nitrogen and oxygen atoms in total. The molecule has 1 aromatic carbocycles. The van der Waals surface area contributed by atoms with Gasteiger partial charge in [0.2, 0.25) is 0 Å². The van der Waals surface area contributed by atoms with Crippen molar-refractivity contribution in [3.05, 3.63) is 41.3 Å². The highest BCUT2D eigenvalue weighted by atomic mass is 15.2. The standard InChI is InChI=1S/C14H17N3/c1-10-4-3-5-12(11(10)2)13-8-16-14-9-15-6-7-17(13)14/h3-5,8,15H,6-7,9H2,1-2H3. The summed E-state index contributed by atoms with van der Waals surface area (Å²) in [4.78, 5) is 4.50. The van der Waals surface area contributed by atoms with Crippen LogP contribution in [0.25, 0.3) is 11.3 Å². The van der Waals surface area contributed by atoms with Gasteiger partial charge >= 0.3 is 0 Å². The smallest absolute Gasteiger partial charge is 0.123 e. The molecule has 0 aliphatic carbocycles. The number of fused-ring (bicyclic) bond motifs is 1. The van der Waals surface area contributed by atoms with Crippen LogP contribution in [0.4, 0.5) is 0 Å². The van der Waals surface area contributed by atoms with Gasteiger partial charge < -0.3 is 9.88 Å². The third kappa shape index (κ3) is 1.67. The number of hydrogen-bond acceptors (Lipinski definition) is 2. The fourth-order valence-electron chi connectivity index (χ4n) is 2.44. The number of nitrogens with zero attached hydrogens (tertiary/aromatic N) is 2. The minimum atomic E-state index is 0.880. The molecule has 1 aliphatic rings. The molecule has 0 saturated heterocycles. The summed E-state index contributed by atoms with van der Waals surface area (Å²) in [7, 11) is 0. The van der Waals surface area contributed by atoms with E-state index in [2.05, 4.69) is 46.9 Å². The Balaban J connectivity index is 2.15. The summed E-state index contributed by atoms with van der Waals surface area (Å²) in [5.74, 6) is 1.15. The van der Waals surface area contributed by atoms with Gasteiger partial charge in [0.1, 0.15) is 5.82 Å². The van der Waals surface area contributed by atoms with E-state index < -0.39 is 0 Å². The van der Waals surface area contributed by atoms with Gasteiger partial charge in [-0.05, 0) is 25.0 Å². The van der Waals surface area contributed by atoms with E-state index in [-0.39, 0.29) is 0 Å². The summed E-state index contributed by atoms with van der Waals surface area (Å²) in [5.41, 5.74) is 5.26. The Kier molecular flexibility index (Phi) is 2.48. The third-order valence-corrected chi connectivity index (χ3v) is 3.61. The van der Waals surface area contributed by atoms with Crippen molar-refractivity contribution in [1.29, 1.82) is 0 Å². The van der Waals surface area contributed by atoms with Crippen LogP contribution in [0.15, 0.2) is 24.4 Å². The normalized spacial score (nSPS) is 14.7. The van der Waals surface area contributed by atoms with Crippen LogP contribution >= 0.6 is 0 Å². The molecule has 17 heavy (non-hydrogen) atoms. The SMILES string of the molecule is Cc1cccc(-c2cnc3n2CCNC3)c1C. The quantitative estimate of drug-likeness (QED) is 0.810. The second-order valence-corrected chi connectivity index (χ2v) is 4.64. The lowest BCUT2D eigenvalue weighted by atomic mass is 10.0. The number of aromatic nitrogens is 2. The van der Waals surface area contributed by atoms with Crippen LogP contribution in [0.3, 0.4) is 0 Å². The number of aryl methyl sites for hydroxylation is 1. The van der Waals surface area contributed by atoms with E-state index in [1.807, 2.05) is 6.20 Å². The second kappa shape index (κ2) is 4.00. The highest BCUT2D eigenvalue weighted by Gasteiger charge is 2.16. The molecule has 1 aliphatic heterocycles. The number of nitrogens with one attached hydrogen (secondary N) is 1. The molecule has 3 rings (SSSR count). The van der Waals surface area contributed by atoms with E-state index in [1.54, 1.807) is 0 Å². The molecule has 0 fully saturated rings. The number of hydrogen-bond donors (Lipinski definition) is 1. The van der Waals surface area contributed by atoms with Crippen LogP contribution in [-0.4, -0.2) is 16.1 Å². The molecule has 1 aromatic heterocycles. The van der Waals surface area contributed by atoms with Crippen molar-refractivity contribution in [3.8, 4) is 11.3 Å². The molecular formula is C14H17N3. The molecule has 0 bridgehead atoms. The van der Waals surface area contributed by atoms with E-state index in [9.17, 15) is 0 Å². The fourth-order valence-corrected chi connectivity index (χ4v) is 2.44. The van der Waals surface area contributed by atoms with Crippen LogP contribution in [0.1, 0.15) is 17.0 Å². The maximum atomic E-state index is 4.50. The average Bonchev–Trinajstić information content (AvgIpc) is 2.77. The van der Waals surface area contributed by atoms with E-state index >= 15 is 0 Å². The first-order chi connectivity index (χ1) is 8.27. The molecule has 1 N–H and O–H groups in total. The van der Waals surface area contributed by atoms with Crippen molar-refractivity contribution >= 4 is 0 Å². The molecule has 0 unspecified atom stereocenters. The Morgan fingerprint density at radius 3 is 3.06 bits per heavy atom. The Bertz CT molecular complexity index is 555. The highest BCUT2D eigenvalue weighted by Crippen LogP contribution is 2.27. The Labute approximate surface area is 101 Å². The lowest BCUT2D eigenvalue weighted by molar-refractivity contribution is 0.508. The maximum absolute atomic E-state index is 4.50. The molecular weight excluding hydrogens is 210 g/mol. The summed E-state index contributed by atoms with van der Waals surface area (Å²) in [6.07, 6.45) is 2.00. The topological polar surface area (TPSA) is 29.9 Å². The van der Waals surface area contributed by atoms with Gasteiger partial charge in [0.25, 0.3) is 0 Å². The third-order valence-electron chi connectivity index (χ3n) is 3.61. The molecule has 2 heterocycles. The summed E-state index contributed by atoms with van der Waals surface area (Å²) >= 11 is 0. The monoisotopic (exact) mass is 227 g/mol. The van der Waals surface area contributed by atoms with Crippen molar-refractivity contribution < 1.29 is 0 Å². The van der Waals surface area contributed by atoms with Gasteiger partial charge in [0, 0.05) is 18.7 Å². The van der Waals surface area contributed by atoms with Crippen LogP contribution in [0.2, 0.25) is 0 Å². The highest BCUT2D eigenvalue weighted by molar-refractivity contribution is 5.65. The minimum absolute atomic E-state index is 0.880. The maximum Gasteiger partial charge on any atom is 0.123 e. The minimum Gasteiger partial charge on any atom is -0.326 e. The molecule has 0 radical (unpaired) electrons. The van der Waals surface area contributed by atoms with Gasteiger partial charge in [-0.25, -0.2) is 4.98 Å². The van der Waals surface area contributed by atoms with Crippen molar-refractivity contribution in [2.24, 2.45) is 0 Å². The zero-order valence-electron chi connectivity index (χ0n) is 10.3. The first kappa shape index (κ1) is 10.5. The van der Waals surface area contributed by atoms with Crippen molar-refractivity contribution in [3.63, 3.8) is 0 Å². The van der Waals surface area contributed by atoms with Gasteiger partial charge in [-0.1, -0.05) is 18.2 Å². The molecule has 0 amide bonds. The number of benzene rings is 1. The lowest BCUT2D eigenvalue weighted by Crippen LogP contribution is -2.28. The van der Waals surface area contributed by atoms with E-state index in [4.69, 9.17) is 0 Å². The van der Waals surface area contributed by atoms with Crippen molar-refractivity contribution in [1.82, 2.24) is 14.9 Å². The summed E-state index contributed by atoms with van der Waals surface area (Å²) in [6.45, 7) is 7.27. The van der Waals surface area contributed by atoms with E-state index in [0.29, 0.717) is 0 Å². The molecule has 0 saturated carbocycles. The van der Waals surface area contributed by atoms with Gasteiger partial charge in [0.15, 0.2) is 0 Å².